The Bertz CT molecular complexity index is 646. The highest BCUT2D eigenvalue weighted by atomic mass is 16.5. The number of nitrogens with zero attached hydrogens (tertiary/aromatic N) is 1. The van der Waals surface area contributed by atoms with Gasteiger partial charge in [0.1, 0.15) is 13.2 Å². The van der Waals surface area contributed by atoms with E-state index >= 15 is 0 Å². The van der Waals surface area contributed by atoms with E-state index in [1.165, 1.54) is 18.5 Å². The van der Waals surface area contributed by atoms with E-state index in [2.05, 4.69) is 28.8 Å². The lowest BCUT2D eigenvalue weighted by Gasteiger charge is -2.07. The molecule has 0 atom stereocenters. The molecular formula is C17H19N3O6. The Morgan fingerprint density at radius 1 is 0.885 bits per heavy atom. The van der Waals surface area contributed by atoms with Gasteiger partial charge in [0.2, 0.25) is 11.8 Å². The van der Waals surface area contributed by atoms with Crippen molar-refractivity contribution in [2.24, 2.45) is 0 Å². The summed E-state index contributed by atoms with van der Waals surface area (Å²) in [4.78, 5) is 49.5. The number of carbonyl (C=O) groups excluding carboxylic acids is 4. The predicted octanol–water partition coefficient (Wildman–Crippen LogP) is -0.000400. The van der Waals surface area contributed by atoms with Crippen LogP contribution in [0.3, 0.4) is 0 Å². The van der Waals surface area contributed by atoms with Crippen LogP contribution in [0, 0.1) is 0 Å². The first kappa shape index (κ1) is 20.6. The summed E-state index contributed by atoms with van der Waals surface area (Å²) in [5, 5.41) is 4.90. The SMILES string of the molecule is C=CC(=O)NCCOC(=O)c1cncc(C(=O)OCCNC(=O)C=C)c1. The number of hydrogen-bond acceptors (Lipinski definition) is 7. The minimum atomic E-state index is -0.696. The third-order valence-corrected chi connectivity index (χ3v) is 2.85. The second kappa shape index (κ2) is 11.1. The maximum atomic E-state index is 11.9. The summed E-state index contributed by atoms with van der Waals surface area (Å²) in [6.45, 7) is 6.75. The Hall–Kier alpha value is -3.49. The van der Waals surface area contributed by atoms with Crippen molar-refractivity contribution >= 4 is 23.8 Å². The van der Waals surface area contributed by atoms with Crippen molar-refractivity contribution < 1.29 is 28.7 Å². The van der Waals surface area contributed by atoms with E-state index in [0.29, 0.717) is 0 Å². The lowest BCUT2D eigenvalue weighted by molar-refractivity contribution is -0.117. The highest BCUT2D eigenvalue weighted by molar-refractivity contribution is 5.94. The first-order chi connectivity index (χ1) is 12.5. The molecule has 0 unspecified atom stereocenters. The molecule has 0 bridgehead atoms. The fourth-order valence-corrected chi connectivity index (χ4v) is 1.61. The van der Waals surface area contributed by atoms with Crippen molar-refractivity contribution in [3.63, 3.8) is 0 Å². The molecule has 0 spiro atoms. The molecule has 2 N–H and O–H groups in total. The van der Waals surface area contributed by atoms with Gasteiger partial charge in [0.05, 0.1) is 24.2 Å². The van der Waals surface area contributed by atoms with E-state index in [1.54, 1.807) is 0 Å². The number of rotatable bonds is 10. The third-order valence-electron chi connectivity index (χ3n) is 2.85. The van der Waals surface area contributed by atoms with Crippen LogP contribution in [0.5, 0.6) is 0 Å². The minimum absolute atomic E-state index is 0.0455. The summed E-state index contributed by atoms with van der Waals surface area (Å²) < 4.78 is 9.92. The van der Waals surface area contributed by atoms with Crippen molar-refractivity contribution in [3.05, 3.63) is 54.9 Å². The van der Waals surface area contributed by atoms with Gasteiger partial charge in [0.15, 0.2) is 0 Å². The lowest BCUT2D eigenvalue weighted by Crippen LogP contribution is -2.26. The highest BCUT2D eigenvalue weighted by Crippen LogP contribution is 2.06. The summed E-state index contributed by atoms with van der Waals surface area (Å²) in [5.74, 6) is -2.15. The van der Waals surface area contributed by atoms with E-state index < -0.39 is 11.9 Å². The minimum Gasteiger partial charge on any atom is -0.460 e. The second-order valence-corrected chi connectivity index (χ2v) is 4.72. The Kier molecular flexibility index (Phi) is 8.80. The number of ether oxygens (including phenoxy) is 2. The number of hydrogen-bond donors (Lipinski definition) is 2. The van der Waals surface area contributed by atoms with E-state index in [-0.39, 0.29) is 49.2 Å². The molecule has 1 aromatic rings. The van der Waals surface area contributed by atoms with Gasteiger partial charge in [-0.25, -0.2) is 9.59 Å². The first-order valence-corrected chi connectivity index (χ1v) is 7.57. The van der Waals surface area contributed by atoms with Gasteiger partial charge in [0.25, 0.3) is 0 Å². The molecule has 2 amide bonds. The molecule has 0 radical (unpaired) electrons. The number of aromatic nitrogens is 1. The van der Waals surface area contributed by atoms with E-state index in [1.807, 2.05) is 0 Å². The summed E-state index contributed by atoms with van der Waals surface area (Å²) in [6, 6.07) is 1.28. The van der Waals surface area contributed by atoms with Crippen molar-refractivity contribution in [3.8, 4) is 0 Å². The number of amides is 2. The first-order valence-electron chi connectivity index (χ1n) is 7.57. The molecule has 1 rings (SSSR count). The largest absolute Gasteiger partial charge is 0.460 e. The van der Waals surface area contributed by atoms with Crippen molar-refractivity contribution in [2.45, 2.75) is 0 Å². The predicted molar refractivity (Wildman–Crippen MR) is 91.2 cm³/mol. The fraction of sp³-hybridized carbons (Fsp3) is 0.235. The average Bonchev–Trinajstić information content (AvgIpc) is 2.67. The van der Waals surface area contributed by atoms with E-state index in [0.717, 1.165) is 12.2 Å². The Morgan fingerprint density at radius 2 is 1.31 bits per heavy atom. The van der Waals surface area contributed by atoms with Crippen LogP contribution in [-0.2, 0) is 19.1 Å². The van der Waals surface area contributed by atoms with Crippen molar-refractivity contribution in [1.29, 1.82) is 0 Å². The molecule has 26 heavy (non-hydrogen) atoms. The molecule has 0 aliphatic heterocycles. The molecule has 1 heterocycles. The molecule has 0 aromatic carbocycles. The van der Waals surface area contributed by atoms with Crippen molar-refractivity contribution in [1.82, 2.24) is 15.6 Å². The van der Waals surface area contributed by atoms with Gasteiger partial charge in [-0.05, 0) is 18.2 Å². The second-order valence-electron chi connectivity index (χ2n) is 4.72. The zero-order valence-electron chi connectivity index (χ0n) is 14.0. The molecule has 0 saturated heterocycles. The Labute approximate surface area is 150 Å². The summed E-state index contributed by atoms with van der Waals surface area (Å²) in [7, 11) is 0. The maximum Gasteiger partial charge on any atom is 0.339 e. The average molecular weight is 361 g/mol. The summed E-state index contributed by atoms with van der Waals surface area (Å²) in [6.07, 6.45) is 4.69. The van der Waals surface area contributed by atoms with Crippen LogP contribution < -0.4 is 10.6 Å². The maximum absolute atomic E-state index is 11.9. The van der Waals surface area contributed by atoms with Gasteiger partial charge in [0, 0.05) is 12.4 Å². The number of nitrogens with one attached hydrogen (secondary N) is 2. The van der Waals surface area contributed by atoms with Crippen molar-refractivity contribution in [2.75, 3.05) is 26.3 Å². The molecule has 9 nitrogen and oxygen atoms in total. The molecule has 9 heteroatoms. The molecule has 0 saturated carbocycles. The normalized spacial score (nSPS) is 9.54. The fourth-order valence-electron chi connectivity index (χ4n) is 1.61. The smallest absolute Gasteiger partial charge is 0.339 e. The van der Waals surface area contributed by atoms with Crippen LogP contribution in [-0.4, -0.2) is 55.0 Å². The number of carbonyl (C=O) groups is 4. The summed E-state index contributed by atoms with van der Waals surface area (Å²) >= 11 is 0. The third kappa shape index (κ3) is 7.39. The van der Waals surface area contributed by atoms with Gasteiger partial charge in [-0.1, -0.05) is 13.2 Å². The van der Waals surface area contributed by atoms with Crippen LogP contribution in [0.25, 0.3) is 0 Å². The van der Waals surface area contributed by atoms with Crippen LogP contribution in [0.2, 0.25) is 0 Å². The van der Waals surface area contributed by atoms with E-state index in [4.69, 9.17) is 9.47 Å². The van der Waals surface area contributed by atoms with Crippen LogP contribution in [0.1, 0.15) is 20.7 Å². The van der Waals surface area contributed by atoms with Gasteiger partial charge < -0.3 is 20.1 Å². The quantitative estimate of drug-likeness (QED) is 0.341. The van der Waals surface area contributed by atoms with Gasteiger partial charge >= 0.3 is 11.9 Å². The van der Waals surface area contributed by atoms with Crippen LogP contribution in [0.15, 0.2) is 43.8 Å². The number of pyridine rings is 1. The van der Waals surface area contributed by atoms with E-state index in [9.17, 15) is 19.2 Å². The molecule has 1 aromatic heterocycles. The van der Waals surface area contributed by atoms with Crippen LogP contribution in [0.4, 0.5) is 0 Å². The van der Waals surface area contributed by atoms with Gasteiger partial charge in [-0.3, -0.25) is 14.6 Å². The standard InChI is InChI=1S/C17H19N3O6/c1-3-14(21)19-5-7-25-16(23)12-9-13(11-18-10-12)17(24)26-8-6-20-15(22)4-2/h3-4,9-11H,1-2,5-8H2,(H,19,21)(H,20,22). The van der Waals surface area contributed by atoms with Crippen LogP contribution >= 0.6 is 0 Å². The Balaban J connectivity index is 2.47. The topological polar surface area (TPSA) is 124 Å². The summed E-state index contributed by atoms with van der Waals surface area (Å²) in [5.41, 5.74) is 0.129. The zero-order chi connectivity index (χ0) is 19.4. The lowest BCUT2D eigenvalue weighted by atomic mass is 10.2. The molecular weight excluding hydrogens is 342 g/mol. The zero-order valence-corrected chi connectivity index (χ0v) is 14.0. The molecule has 138 valence electrons. The van der Waals surface area contributed by atoms with Gasteiger partial charge in [-0.2, -0.15) is 0 Å². The van der Waals surface area contributed by atoms with Gasteiger partial charge in [-0.15, -0.1) is 0 Å². The molecule has 0 fully saturated rings. The molecule has 0 aliphatic rings. The molecule has 0 aliphatic carbocycles. The Morgan fingerprint density at radius 3 is 1.69 bits per heavy atom. The monoisotopic (exact) mass is 361 g/mol. The highest BCUT2D eigenvalue weighted by Gasteiger charge is 2.13. The number of esters is 2.